The monoisotopic (exact) mass is 416 g/mol. The summed E-state index contributed by atoms with van der Waals surface area (Å²) in [6, 6.07) is 6.56. The van der Waals surface area contributed by atoms with Crippen LogP contribution < -0.4 is 0 Å². The highest BCUT2D eigenvalue weighted by Gasteiger charge is 2.44. The van der Waals surface area contributed by atoms with Crippen molar-refractivity contribution >= 4 is 21.6 Å². The third kappa shape index (κ3) is 3.55. The first-order valence-corrected chi connectivity index (χ1v) is 11.9. The second-order valence-corrected chi connectivity index (χ2v) is 10.5. The Morgan fingerprint density at radius 2 is 1.28 bits per heavy atom. The summed E-state index contributed by atoms with van der Waals surface area (Å²) in [5.74, 6) is 0.0891. The van der Waals surface area contributed by atoms with Gasteiger partial charge in [-0.15, -0.1) is 0 Å². The second kappa shape index (κ2) is 7.69. The summed E-state index contributed by atoms with van der Waals surface area (Å²) in [5, 5.41) is 0. The van der Waals surface area contributed by atoms with Crippen LogP contribution in [0, 0.1) is 11.8 Å². The first kappa shape index (κ1) is 20.3. The van der Waals surface area contributed by atoms with E-state index in [9.17, 15) is 18.0 Å². The number of carbonyl (C=O) groups excluding carboxylic acids is 2. The molecule has 0 radical (unpaired) electrons. The van der Waals surface area contributed by atoms with Crippen LogP contribution in [0.1, 0.15) is 60.2 Å². The Hall–Kier alpha value is -1.99. The zero-order valence-corrected chi connectivity index (χ0v) is 17.9. The molecule has 7 heteroatoms. The van der Waals surface area contributed by atoms with Gasteiger partial charge in [0.05, 0.1) is 0 Å². The fraction of sp³-hybridized carbons (Fsp3) is 0.545. The van der Waals surface area contributed by atoms with E-state index in [1.807, 2.05) is 4.90 Å². The van der Waals surface area contributed by atoms with Crippen molar-refractivity contribution in [2.24, 2.45) is 11.8 Å². The van der Waals surface area contributed by atoms with Crippen molar-refractivity contribution in [2.75, 3.05) is 26.2 Å². The van der Waals surface area contributed by atoms with Crippen LogP contribution >= 0.6 is 0 Å². The Kier molecular flexibility index (Phi) is 5.38. The fourth-order valence-corrected chi connectivity index (χ4v) is 6.21. The molecule has 2 saturated heterocycles. The summed E-state index contributed by atoms with van der Waals surface area (Å²) in [7, 11) is -4.04. The second-order valence-electron chi connectivity index (χ2n) is 8.64. The average molecular weight is 417 g/mol. The van der Waals surface area contributed by atoms with E-state index < -0.39 is 15.8 Å². The molecular formula is C22H28N2O4S. The van der Waals surface area contributed by atoms with Gasteiger partial charge in [-0.25, -0.2) is 8.42 Å². The molecule has 0 N–H and O–H groups in total. The van der Waals surface area contributed by atoms with E-state index in [4.69, 9.17) is 0 Å². The van der Waals surface area contributed by atoms with Gasteiger partial charge in [0, 0.05) is 37.3 Å². The van der Waals surface area contributed by atoms with Gasteiger partial charge in [0.1, 0.15) is 5.70 Å². The van der Waals surface area contributed by atoms with Crippen molar-refractivity contribution in [1.82, 2.24) is 9.21 Å². The number of piperidine rings is 2. The van der Waals surface area contributed by atoms with Gasteiger partial charge in [-0.1, -0.05) is 38.1 Å². The first-order chi connectivity index (χ1) is 13.8. The molecule has 6 nitrogen and oxygen atoms in total. The highest BCUT2D eigenvalue weighted by Crippen LogP contribution is 2.35. The molecule has 3 aliphatic rings. The maximum Gasteiger partial charge on any atom is 0.249 e. The number of fused-ring (bicyclic) bond motifs is 1. The number of benzene rings is 1. The molecule has 0 saturated carbocycles. The van der Waals surface area contributed by atoms with Crippen LogP contribution in [-0.2, 0) is 10.0 Å². The van der Waals surface area contributed by atoms with E-state index in [1.54, 1.807) is 24.3 Å². The van der Waals surface area contributed by atoms with E-state index in [0.717, 1.165) is 25.7 Å². The highest BCUT2D eigenvalue weighted by molar-refractivity contribution is 7.94. The van der Waals surface area contributed by atoms with Crippen molar-refractivity contribution < 1.29 is 18.0 Å². The number of allylic oxidation sites excluding steroid dienone is 2. The zero-order valence-electron chi connectivity index (χ0n) is 17.1. The summed E-state index contributed by atoms with van der Waals surface area (Å²) in [6.07, 6.45) is 3.28. The Labute approximate surface area is 172 Å². The van der Waals surface area contributed by atoms with Crippen molar-refractivity contribution in [3.05, 3.63) is 46.0 Å². The lowest BCUT2D eigenvalue weighted by Gasteiger charge is -2.37. The van der Waals surface area contributed by atoms with Crippen LogP contribution in [0.4, 0.5) is 0 Å². The fourth-order valence-electron chi connectivity index (χ4n) is 4.45. The number of Topliss-reactive ketones (excluding diaryl/α,β-unsaturated/α-hetero) is 2. The van der Waals surface area contributed by atoms with E-state index in [2.05, 4.69) is 13.8 Å². The SMILES string of the molecule is CC1CCN(C2=C(S(=O)(=O)N3CCC(C)CC3)C(=O)c3ccccc3C2=O)CC1. The number of ketones is 2. The van der Waals surface area contributed by atoms with Gasteiger partial charge in [-0.05, 0) is 37.5 Å². The first-order valence-electron chi connectivity index (χ1n) is 10.5. The normalized spacial score (nSPS) is 22.9. The molecule has 0 amide bonds. The minimum atomic E-state index is -4.04. The van der Waals surface area contributed by atoms with Crippen LogP contribution in [-0.4, -0.2) is 55.4 Å². The Morgan fingerprint density at radius 3 is 1.83 bits per heavy atom. The van der Waals surface area contributed by atoms with Gasteiger partial charge in [-0.3, -0.25) is 9.59 Å². The topological polar surface area (TPSA) is 74.8 Å². The number of nitrogens with zero attached hydrogens (tertiary/aromatic N) is 2. The Balaban J connectivity index is 1.84. The molecule has 2 heterocycles. The van der Waals surface area contributed by atoms with Crippen molar-refractivity contribution in [3.63, 3.8) is 0 Å². The number of likely N-dealkylation sites (tertiary alicyclic amines) is 1. The van der Waals surface area contributed by atoms with E-state index in [1.165, 1.54) is 4.31 Å². The molecule has 0 spiro atoms. The Morgan fingerprint density at radius 1 is 0.793 bits per heavy atom. The number of sulfonamides is 1. The van der Waals surface area contributed by atoms with Crippen molar-refractivity contribution in [3.8, 4) is 0 Å². The molecular weight excluding hydrogens is 388 g/mol. The lowest BCUT2D eigenvalue weighted by Crippen LogP contribution is -2.45. The van der Waals surface area contributed by atoms with Crippen molar-refractivity contribution in [1.29, 1.82) is 0 Å². The van der Waals surface area contributed by atoms with E-state index in [-0.39, 0.29) is 21.9 Å². The third-order valence-electron chi connectivity index (χ3n) is 6.49. The van der Waals surface area contributed by atoms with Gasteiger partial charge in [-0.2, -0.15) is 4.31 Å². The predicted octanol–water partition coefficient (Wildman–Crippen LogP) is 3.07. The molecule has 2 aliphatic heterocycles. The van der Waals surface area contributed by atoms with Crippen LogP contribution in [0.3, 0.4) is 0 Å². The van der Waals surface area contributed by atoms with Crippen LogP contribution in [0.5, 0.6) is 0 Å². The standard InChI is InChI=1S/C22H28N2O4S/c1-15-7-11-23(12-8-15)19-20(25)17-5-3-4-6-18(17)21(26)22(19)29(27,28)24-13-9-16(2)10-14-24/h3-6,15-16H,7-14H2,1-2H3. The van der Waals surface area contributed by atoms with Crippen LogP contribution in [0.15, 0.2) is 34.9 Å². The lowest BCUT2D eigenvalue weighted by atomic mass is 9.90. The number of hydrogen-bond acceptors (Lipinski definition) is 5. The third-order valence-corrected chi connectivity index (χ3v) is 8.43. The molecule has 2 fully saturated rings. The smallest absolute Gasteiger partial charge is 0.249 e. The van der Waals surface area contributed by atoms with Gasteiger partial charge in [0.2, 0.25) is 21.6 Å². The average Bonchev–Trinajstić information content (AvgIpc) is 2.71. The summed E-state index contributed by atoms with van der Waals surface area (Å²) in [6.45, 7) is 6.22. The molecule has 156 valence electrons. The zero-order chi connectivity index (χ0) is 20.8. The molecule has 1 aliphatic carbocycles. The maximum absolute atomic E-state index is 13.6. The minimum Gasteiger partial charge on any atom is -0.367 e. The van der Waals surface area contributed by atoms with Crippen LogP contribution in [0.2, 0.25) is 0 Å². The number of hydrogen-bond donors (Lipinski definition) is 0. The molecule has 29 heavy (non-hydrogen) atoms. The van der Waals surface area contributed by atoms with Gasteiger partial charge in [0.25, 0.3) is 0 Å². The molecule has 0 bridgehead atoms. The molecule has 1 aromatic carbocycles. The van der Waals surface area contributed by atoms with Gasteiger partial charge >= 0.3 is 0 Å². The summed E-state index contributed by atoms with van der Waals surface area (Å²) >= 11 is 0. The summed E-state index contributed by atoms with van der Waals surface area (Å²) in [4.78, 5) is 28.3. The molecule has 1 aromatic rings. The quantitative estimate of drug-likeness (QED) is 0.757. The number of carbonyl (C=O) groups is 2. The van der Waals surface area contributed by atoms with Crippen LogP contribution in [0.25, 0.3) is 0 Å². The predicted molar refractivity (Wildman–Crippen MR) is 111 cm³/mol. The van der Waals surface area contributed by atoms with Gasteiger partial charge < -0.3 is 4.90 Å². The van der Waals surface area contributed by atoms with Gasteiger partial charge in [0.15, 0.2) is 4.91 Å². The highest BCUT2D eigenvalue weighted by atomic mass is 32.2. The molecule has 0 atom stereocenters. The Bertz CT molecular complexity index is 966. The molecule has 0 aromatic heterocycles. The molecule has 0 unspecified atom stereocenters. The lowest BCUT2D eigenvalue weighted by molar-refractivity contribution is 0.0932. The van der Waals surface area contributed by atoms with Crippen molar-refractivity contribution in [2.45, 2.75) is 39.5 Å². The van der Waals surface area contributed by atoms with E-state index in [0.29, 0.717) is 43.6 Å². The summed E-state index contributed by atoms with van der Waals surface area (Å²) in [5.41, 5.74) is 0.576. The number of rotatable bonds is 3. The van der Waals surface area contributed by atoms with E-state index >= 15 is 0 Å². The maximum atomic E-state index is 13.6. The molecule has 4 rings (SSSR count). The minimum absolute atomic E-state index is 0.0826. The summed E-state index contributed by atoms with van der Waals surface area (Å²) < 4.78 is 28.6. The largest absolute Gasteiger partial charge is 0.367 e.